The van der Waals surface area contributed by atoms with Gasteiger partial charge in [0.2, 0.25) is 0 Å². The second kappa shape index (κ2) is 8.78. The molecule has 1 heterocycles. The number of nitrogens with zero attached hydrogens (tertiary/aromatic N) is 1. The summed E-state index contributed by atoms with van der Waals surface area (Å²) in [6.07, 6.45) is 3.68. The van der Waals surface area contributed by atoms with Crippen LogP contribution in [0, 0.1) is 6.92 Å². The molecular weight excluding hydrogens is 318 g/mol. The van der Waals surface area contributed by atoms with E-state index in [1.165, 1.54) is 0 Å². The number of benzene rings is 1. The zero-order valence-corrected chi connectivity index (χ0v) is 14.6. The summed E-state index contributed by atoms with van der Waals surface area (Å²) in [5, 5.41) is 0. The molecule has 130 valence electrons. The fraction of sp³-hybridized carbons (Fsp3) is 0.250. The van der Waals surface area contributed by atoms with Crippen LogP contribution in [0.2, 0.25) is 0 Å². The highest BCUT2D eigenvalue weighted by Crippen LogP contribution is 2.19. The summed E-state index contributed by atoms with van der Waals surface area (Å²) < 4.78 is 10.1. The first-order chi connectivity index (χ1) is 12.1. The van der Waals surface area contributed by atoms with Crippen molar-refractivity contribution < 1.29 is 19.1 Å². The molecule has 0 N–H and O–H groups in total. The van der Waals surface area contributed by atoms with Gasteiger partial charge in [-0.1, -0.05) is 36.4 Å². The lowest BCUT2D eigenvalue weighted by molar-refractivity contribution is 0.0477. The molecule has 0 spiro atoms. The largest absolute Gasteiger partial charge is 0.462 e. The highest BCUT2D eigenvalue weighted by molar-refractivity contribution is 6.04. The number of esters is 2. The van der Waals surface area contributed by atoms with E-state index in [-0.39, 0.29) is 24.3 Å². The first-order valence-electron chi connectivity index (χ1n) is 8.15. The number of aromatic nitrogens is 1. The third kappa shape index (κ3) is 4.76. The Morgan fingerprint density at radius 2 is 1.64 bits per heavy atom. The van der Waals surface area contributed by atoms with E-state index in [0.29, 0.717) is 11.4 Å². The highest BCUT2D eigenvalue weighted by Gasteiger charge is 2.23. The lowest BCUT2D eigenvalue weighted by Gasteiger charge is -2.11. The number of aryl methyl sites for hydroxylation is 1. The molecule has 0 aliphatic rings. The van der Waals surface area contributed by atoms with Gasteiger partial charge in [-0.3, -0.25) is 4.98 Å². The monoisotopic (exact) mass is 339 g/mol. The molecule has 0 aliphatic heterocycles. The Morgan fingerprint density at radius 1 is 1.00 bits per heavy atom. The number of ether oxygens (including phenoxy) is 2. The van der Waals surface area contributed by atoms with Crippen LogP contribution in [0.1, 0.15) is 51.5 Å². The van der Waals surface area contributed by atoms with Gasteiger partial charge in [0.1, 0.15) is 0 Å². The molecule has 1 aromatic heterocycles. The Balaban J connectivity index is 2.45. The van der Waals surface area contributed by atoms with Crippen molar-refractivity contribution in [1.82, 2.24) is 4.98 Å². The predicted molar refractivity (Wildman–Crippen MR) is 96.3 cm³/mol. The minimum atomic E-state index is -0.575. The molecule has 0 fully saturated rings. The van der Waals surface area contributed by atoms with Gasteiger partial charge in [-0.15, -0.1) is 0 Å². The number of hydrogen-bond donors (Lipinski definition) is 0. The van der Waals surface area contributed by atoms with Crippen LogP contribution in [0.15, 0.2) is 36.4 Å². The predicted octanol–water partition coefficient (Wildman–Crippen LogP) is 3.91. The molecule has 0 saturated heterocycles. The van der Waals surface area contributed by atoms with Crippen LogP contribution < -0.4 is 0 Å². The minimum absolute atomic E-state index is 0.150. The number of hydrogen-bond acceptors (Lipinski definition) is 5. The fourth-order valence-corrected chi connectivity index (χ4v) is 2.36. The molecule has 5 nitrogen and oxygen atoms in total. The van der Waals surface area contributed by atoms with Crippen molar-refractivity contribution in [3.05, 3.63) is 64.5 Å². The van der Waals surface area contributed by atoms with Crippen LogP contribution in [0.5, 0.6) is 0 Å². The number of carbonyl (C=O) groups excluding carboxylic acids is 2. The van der Waals surface area contributed by atoms with Crippen molar-refractivity contribution in [1.29, 1.82) is 0 Å². The van der Waals surface area contributed by atoms with Crippen LogP contribution in [-0.2, 0) is 9.47 Å². The van der Waals surface area contributed by atoms with Crippen molar-refractivity contribution in [3.8, 4) is 0 Å². The van der Waals surface area contributed by atoms with Gasteiger partial charge in [-0.2, -0.15) is 0 Å². The Kier molecular flexibility index (Phi) is 6.46. The standard InChI is InChI=1S/C20H21NO4/c1-4-24-19(22)17-13-16(12-11-15-9-7-6-8-10-15)21-14(3)18(17)20(23)25-5-2/h6-13H,4-5H2,1-3H3/b12-11+. The van der Waals surface area contributed by atoms with Crippen LogP contribution in [-0.4, -0.2) is 30.1 Å². The molecule has 0 radical (unpaired) electrons. The Bertz CT molecular complexity index is 782. The van der Waals surface area contributed by atoms with Crippen LogP contribution in [0.4, 0.5) is 0 Å². The van der Waals surface area contributed by atoms with Gasteiger partial charge in [0.15, 0.2) is 0 Å². The number of pyridine rings is 1. The van der Waals surface area contributed by atoms with E-state index in [4.69, 9.17) is 9.47 Å². The van der Waals surface area contributed by atoms with Gasteiger partial charge in [0.25, 0.3) is 0 Å². The van der Waals surface area contributed by atoms with Gasteiger partial charge < -0.3 is 9.47 Å². The molecule has 0 amide bonds. The smallest absolute Gasteiger partial charge is 0.340 e. The van der Waals surface area contributed by atoms with Crippen molar-refractivity contribution in [2.75, 3.05) is 13.2 Å². The highest BCUT2D eigenvalue weighted by atomic mass is 16.5. The molecule has 0 bridgehead atoms. The molecule has 0 atom stereocenters. The third-order valence-electron chi connectivity index (χ3n) is 3.44. The lowest BCUT2D eigenvalue weighted by Crippen LogP contribution is -2.17. The molecular formula is C20H21NO4. The maximum atomic E-state index is 12.3. The van der Waals surface area contributed by atoms with E-state index in [0.717, 1.165) is 5.56 Å². The maximum Gasteiger partial charge on any atom is 0.340 e. The molecule has 0 aliphatic carbocycles. The maximum absolute atomic E-state index is 12.3. The van der Waals surface area contributed by atoms with E-state index >= 15 is 0 Å². The zero-order chi connectivity index (χ0) is 18.2. The summed E-state index contributed by atoms with van der Waals surface area (Å²) in [6.45, 7) is 5.54. The molecule has 1 aromatic carbocycles. The van der Waals surface area contributed by atoms with Gasteiger partial charge in [0.05, 0.1) is 35.7 Å². The molecule has 25 heavy (non-hydrogen) atoms. The lowest BCUT2D eigenvalue weighted by atomic mass is 10.0. The average molecular weight is 339 g/mol. The topological polar surface area (TPSA) is 65.5 Å². The number of carbonyl (C=O) groups is 2. The average Bonchev–Trinajstić information content (AvgIpc) is 2.60. The molecule has 2 aromatic rings. The van der Waals surface area contributed by atoms with Crippen molar-refractivity contribution >= 4 is 24.1 Å². The van der Waals surface area contributed by atoms with E-state index in [1.807, 2.05) is 36.4 Å². The number of rotatable bonds is 6. The summed E-state index contributed by atoms with van der Waals surface area (Å²) in [5.74, 6) is -1.14. The van der Waals surface area contributed by atoms with Gasteiger partial charge in [-0.25, -0.2) is 9.59 Å². The summed E-state index contributed by atoms with van der Waals surface area (Å²) in [7, 11) is 0. The van der Waals surface area contributed by atoms with Crippen molar-refractivity contribution in [3.63, 3.8) is 0 Å². The molecule has 0 saturated carbocycles. The fourth-order valence-electron chi connectivity index (χ4n) is 2.36. The molecule has 5 heteroatoms. The van der Waals surface area contributed by atoms with Gasteiger partial charge >= 0.3 is 11.9 Å². The Hall–Kier alpha value is -2.95. The van der Waals surface area contributed by atoms with Gasteiger partial charge in [0, 0.05) is 0 Å². The second-order valence-electron chi connectivity index (χ2n) is 5.24. The molecule has 2 rings (SSSR count). The van der Waals surface area contributed by atoms with E-state index < -0.39 is 11.9 Å². The van der Waals surface area contributed by atoms with Crippen LogP contribution >= 0.6 is 0 Å². The van der Waals surface area contributed by atoms with Crippen molar-refractivity contribution in [2.45, 2.75) is 20.8 Å². The van der Waals surface area contributed by atoms with E-state index in [1.54, 1.807) is 32.9 Å². The zero-order valence-electron chi connectivity index (χ0n) is 14.6. The third-order valence-corrected chi connectivity index (χ3v) is 3.44. The van der Waals surface area contributed by atoms with Crippen LogP contribution in [0.3, 0.4) is 0 Å². The first-order valence-corrected chi connectivity index (χ1v) is 8.15. The Morgan fingerprint density at radius 3 is 2.28 bits per heavy atom. The van der Waals surface area contributed by atoms with E-state index in [9.17, 15) is 9.59 Å². The Labute approximate surface area is 147 Å². The first kappa shape index (κ1) is 18.4. The van der Waals surface area contributed by atoms with Gasteiger partial charge in [-0.05, 0) is 38.5 Å². The SMILES string of the molecule is CCOC(=O)c1cc(/C=C/c2ccccc2)nc(C)c1C(=O)OCC. The normalized spacial score (nSPS) is 10.7. The molecule has 0 unspecified atom stereocenters. The quantitative estimate of drug-likeness (QED) is 0.747. The second-order valence-corrected chi connectivity index (χ2v) is 5.24. The van der Waals surface area contributed by atoms with Crippen molar-refractivity contribution in [2.24, 2.45) is 0 Å². The van der Waals surface area contributed by atoms with E-state index in [2.05, 4.69) is 4.98 Å². The summed E-state index contributed by atoms with van der Waals surface area (Å²) in [5.41, 5.74) is 2.32. The minimum Gasteiger partial charge on any atom is -0.462 e. The summed E-state index contributed by atoms with van der Waals surface area (Å²) in [6, 6.07) is 11.3. The van der Waals surface area contributed by atoms with Crippen LogP contribution in [0.25, 0.3) is 12.2 Å². The summed E-state index contributed by atoms with van der Waals surface area (Å²) in [4.78, 5) is 28.9. The summed E-state index contributed by atoms with van der Waals surface area (Å²) >= 11 is 0.